The van der Waals surface area contributed by atoms with Crippen LogP contribution in [0.3, 0.4) is 0 Å². The number of ether oxygens (including phenoxy) is 1. The molecular formula is C20H26N2O4S. The zero-order valence-electron chi connectivity index (χ0n) is 16.0. The maximum Gasteiger partial charge on any atom is 0.264 e. The first-order chi connectivity index (χ1) is 12.8. The number of hydrogen-bond acceptors (Lipinski definition) is 4. The minimum absolute atomic E-state index is 0.0605. The van der Waals surface area contributed by atoms with Crippen LogP contribution in [0.15, 0.2) is 59.5 Å². The first kappa shape index (κ1) is 20.8. The standard InChI is InChI=1S/C20H26N2O4S/c1-15(2)16(3)21-20(23)14-22(17-10-12-18(26-4)13-11-17)27(24,25)19-8-6-5-7-9-19/h5-13,15-16H,14H2,1-4H3,(H,21,23)/t16-/m0/s1. The Labute approximate surface area is 161 Å². The predicted molar refractivity (Wildman–Crippen MR) is 106 cm³/mol. The first-order valence-corrected chi connectivity index (χ1v) is 10.2. The molecule has 0 spiro atoms. The zero-order chi connectivity index (χ0) is 20.0. The van der Waals surface area contributed by atoms with Gasteiger partial charge in [-0.1, -0.05) is 32.0 Å². The summed E-state index contributed by atoms with van der Waals surface area (Å²) in [6.45, 7) is 5.58. The summed E-state index contributed by atoms with van der Waals surface area (Å²) in [6.07, 6.45) is 0. The van der Waals surface area contributed by atoms with Crippen molar-refractivity contribution >= 4 is 21.6 Å². The molecule has 2 rings (SSSR count). The summed E-state index contributed by atoms with van der Waals surface area (Å²) in [7, 11) is -2.36. The highest BCUT2D eigenvalue weighted by molar-refractivity contribution is 7.92. The molecule has 0 aromatic heterocycles. The molecule has 2 aromatic rings. The van der Waals surface area contributed by atoms with E-state index in [0.29, 0.717) is 11.4 Å². The summed E-state index contributed by atoms with van der Waals surface area (Å²) >= 11 is 0. The van der Waals surface area contributed by atoms with Crippen molar-refractivity contribution in [1.29, 1.82) is 0 Å². The molecule has 0 saturated heterocycles. The second kappa shape index (κ2) is 8.90. The molecule has 1 N–H and O–H groups in total. The fourth-order valence-electron chi connectivity index (χ4n) is 2.38. The summed E-state index contributed by atoms with van der Waals surface area (Å²) in [6, 6.07) is 14.6. The number of sulfonamides is 1. The topological polar surface area (TPSA) is 75.7 Å². The molecule has 0 fully saturated rings. The molecule has 146 valence electrons. The van der Waals surface area contributed by atoms with Gasteiger partial charge >= 0.3 is 0 Å². The molecule has 0 aliphatic carbocycles. The summed E-state index contributed by atoms with van der Waals surface area (Å²) in [5, 5.41) is 2.86. The van der Waals surface area contributed by atoms with Crippen LogP contribution in [0.5, 0.6) is 5.75 Å². The van der Waals surface area contributed by atoms with E-state index in [9.17, 15) is 13.2 Å². The molecule has 27 heavy (non-hydrogen) atoms. The Kier molecular flexibility index (Phi) is 6.85. The lowest BCUT2D eigenvalue weighted by molar-refractivity contribution is -0.120. The number of methoxy groups -OCH3 is 1. The lowest BCUT2D eigenvalue weighted by Crippen LogP contribution is -2.45. The molecule has 7 heteroatoms. The molecule has 1 atom stereocenters. The molecule has 0 aliphatic heterocycles. The van der Waals surface area contributed by atoms with E-state index in [-0.39, 0.29) is 29.3 Å². The van der Waals surface area contributed by atoms with Gasteiger partial charge in [0.15, 0.2) is 0 Å². The third-order valence-electron chi connectivity index (χ3n) is 4.37. The lowest BCUT2D eigenvalue weighted by Gasteiger charge is -2.26. The summed E-state index contributed by atoms with van der Waals surface area (Å²) in [5.41, 5.74) is 0.395. The van der Waals surface area contributed by atoms with E-state index in [1.54, 1.807) is 42.5 Å². The molecule has 0 unspecified atom stereocenters. The van der Waals surface area contributed by atoms with Gasteiger partial charge in [-0.15, -0.1) is 0 Å². The van der Waals surface area contributed by atoms with Gasteiger partial charge < -0.3 is 10.1 Å². The highest BCUT2D eigenvalue weighted by Crippen LogP contribution is 2.25. The van der Waals surface area contributed by atoms with E-state index < -0.39 is 10.0 Å². The monoisotopic (exact) mass is 390 g/mol. The molecule has 2 aromatic carbocycles. The van der Waals surface area contributed by atoms with Crippen molar-refractivity contribution in [2.75, 3.05) is 18.0 Å². The Morgan fingerprint density at radius 3 is 2.15 bits per heavy atom. The van der Waals surface area contributed by atoms with E-state index in [2.05, 4.69) is 5.32 Å². The van der Waals surface area contributed by atoms with Crippen LogP contribution in [0.4, 0.5) is 5.69 Å². The van der Waals surface area contributed by atoms with Gasteiger partial charge in [-0.2, -0.15) is 0 Å². The molecule has 0 radical (unpaired) electrons. The van der Waals surface area contributed by atoms with Gasteiger partial charge in [0.05, 0.1) is 17.7 Å². The van der Waals surface area contributed by atoms with E-state index >= 15 is 0 Å². The number of carbonyl (C=O) groups is 1. The zero-order valence-corrected chi connectivity index (χ0v) is 16.9. The number of nitrogens with one attached hydrogen (secondary N) is 1. The fourth-order valence-corrected chi connectivity index (χ4v) is 3.82. The Morgan fingerprint density at radius 1 is 1.04 bits per heavy atom. The van der Waals surface area contributed by atoms with E-state index in [1.807, 2.05) is 20.8 Å². The van der Waals surface area contributed by atoms with Crippen LogP contribution in [0, 0.1) is 5.92 Å². The Bertz CT molecular complexity index is 849. The molecule has 0 aliphatic rings. The van der Waals surface area contributed by atoms with Crippen molar-refractivity contribution in [2.45, 2.75) is 31.7 Å². The van der Waals surface area contributed by atoms with Gasteiger partial charge in [-0.05, 0) is 49.2 Å². The molecule has 6 nitrogen and oxygen atoms in total. The van der Waals surface area contributed by atoms with Crippen molar-refractivity contribution in [2.24, 2.45) is 5.92 Å². The molecule has 0 heterocycles. The predicted octanol–water partition coefficient (Wildman–Crippen LogP) is 3.05. The van der Waals surface area contributed by atoms with Gasteiger partial charge in [0.2, 0.25) is 5.91 Å². The molecular weight excluding hydrogens is 364 g/mol. The third kappa shape index (κ3) is 5.23. The lowest BCUT2D eigenvalue weighted by atomic mass is 10.1. The van der Waals surface area contributed by atoms with Crippen LogP contribution in [0.25, 0.3) is 0 Å². The van der Waals surface area contributed by atoms with Gasteiger partial charge in [0.25, 0.3) is 10.0 Å². The SMILES string of the molecule is COc1ccc(N(CC(=O)N[C@@H](C)C(C)C)S(=O)(=O)c2ccccc2)cc1. The summed E-state index contributed by atoms with van der Waals surface area (Å²) in [4.78, 5) is 12.6. The van der Waals surface area contributed by atoms with Crippen molar-refractivity contribution in [3.63, 3.8) is 0 Å². The third-order valence-corrected chi connectivity index (χ3v) is 6.16. The molecule has 0 bridgehead atoms. The van der Waals surface area contributed by atoms with Crippen molar-refractivity contribution in [3.05, 3.63) is 54.6 Å². The van der Waals surface area contributed by atoms with Crippen LogP contribution in [0.2, 0.25) is 0 Å². The maximum absolute atomic E-state index is 13.2. The Morgan fingerprint density at radius 2 is 1.63 bits per heavy atom. The average molecular weight is 391 g/mol. The second-order valence-electron chi connectivity index (χ2n) is 6.62. The smallest absolute Gasteiger partial charge is 0.264 e. The number of benzene rings is 2. The average Bonchev–Trinajstić information content (AvgIpc) is 2.66. The van der Waals surface area contributed by atoms with Gasteiger partial charge in [-0.25, -0.2) is 8.42 Å². The number of hydrogen-bond donors (Lipinski definition) is 1. The van der Waals surface area contributed by atoms with Gasteiger partial charge in [0, 0.05) is 6.04 Å². The van der Waals surface area contributed by atoms with Crippen molar-refractivity contribution in [1.82, 2.24) is 5.32 Å². The second-order valence-corrected chi connectivity index (χ2v) is 8.49. The van der Waals surface area contributed by atoms with Gasteiger partial charge in [0.1, 0.15) is 12.3 Å². The largest absolute Gasteiger partial charge is 0.497 e. The number of carbonyl (C=O) groups excluding carboxylic acids is 1. The number of rotatable bonds is 8. The van der Waals surface area contributed by atoms with Crippen molar-refractivity contribution in [3.8, 4) is 5.75 Å². The summed E-state index contributed by atoms with van der Waals surface area (Å²) < 4.78 is 32.6. The number of amides is 1. The Hall–Kier alpha value is -2.54. The first-order valence-electron chi connectivity index (χ1n) is 8.77. The van der Waals surface area contributed by atoms with Gasteiger partial charge in [-0.3, -0.25) is 9.10 Å². The number of anilines is 1. The number of nitrogens with zero attached hydrogens (tertiary/aromatic N) is 1. The van der Waals surface area contributed by atoms with Crippen LogP contribution < -0.4 is 14.4 Å². The minimum atomic E-state index is -3.89. The van der Waals surface area contributed by atoms with Crippen LogP contribution in [-0.2, 0) is 14.8 Å². The highest BCUT2D eigenvalue weighted by atomic mass is 32.2. The highest BCUT2D eigenvalue weighted by Gasteiger charge is 2.27. The molecule has 1 amide bonds. The van der Waals surface area contributed by atoms with E-state index in [0.717, 1.165) is 4.31 Å². The van der Waals surface area contributed by atoms with E-state index in [1.165, 1.54) is 19.2 Å². The quantitative estimate of drug-likeness (QED) is 0.752. The van der Waals surface area contributed by atoms with Crippen LogP contribution in [0.1, 0.15) is 20.8 Å². The van der Waals surface area contributed by atoms with E-state index in [4.69, 9.17) is 4.74 Å². The molecule has 0 saturated carbocycles. The minimum Gasteiger partial charge on any atom is -0.497 e. The normalized spacial score (nSPS) is 12.5. The van der Waals surface area contributed by atoms with Crippen LogP contribution in [-0.4, -0.2) is 34.0 Å². The Balaban J connectivity index is 2.37. The summed E-state index contributed by atoms with van der Waals surface area (Å²) in [5.74, 6) is 0.495. The fraction of sp³-hybridized carbons (Fsp3) is 0.350. The van der Waals surface area contributed by atoms with Crippen molar-refractivity contribution < 1.29 is 17.9 Å². The van der Waals surface area contributed by atoms with Crippen LogP contribution >= 0.6 is 0 Å². The maximum atomic E-state index is 13.2.